The van der Waals surface area contributed by atoms with Gasteiger partial charge >= 0.3 is 0 Å². The summed E-state index contributed by atoms with van der Waals surface area (Å²) in [7, 11) is -3.74. The van der Waals surface area contributed by atoms with E-state index in [2.05, 4.69) is 20.7 Å². The standard InChI is InChI=1S/C14H13BrClNO3S/c15-12-3-1-2-10(6-12)8-17-21(19,20)14-7-11(9-18)4-5-13(14)16/h1-7,17-18H,8-9H2. The number of rotatable bonds is 5. The summed E-state index contributed by atoms with van der Waals surface area (Å²) in [4.78, 5) is -0.0364. The Bertz CT molecular complexity index is 750. The van der Waals surface area contributed by atoms with Crippen LogP contribution in [0.4, 0.5) is 0 Å². The van der Waals surface area contributed by atoms with Crippen LogP contribution in [0.15, 0.2) is 51.8 Å². The number of hydrogen-bond acceptors (Lipinski definition) is 3. The number of benzene rings is 2. The third-order valence-electron chi connectivity index (χ3n) is 2.82. The Morgan fingerprint density at radius 1 is 1.14 bits per heavy atom. The first-order valence-electron chi connectivity index (χ1n) is 6.06. The fourth-order valence-electron chi connectivity index (χ4n) is 1.76. The van der Waals surface area contributed by atoms with Crippen LogP contribution in [0.2, 0.25) is 5.02 Å². The molecule has 0 spiro atoms. The summed E-state index contributed by atoms with van der Waals surface area (Å²) in [5, 5.41) is 9.21. The van der Waals surface area contributed by atoms with Gasteiger partial charge in [-0.15, -0.1) is 0 Å². The van der Waals surface area contributed by atoms with Crippen molar-refractivity contribution in [3.8, 4) is 0 Å². The van der Waals surface area contributed by atoms with Gasteiger partial charge in [0, 0.05) is 11.0 Å². The maximum atomic E-state index is 12.3. The van der Waals surface area contributed by atoms with Gasteiger partial charge in [0.25, 0.3) is 0 Å². The molecule has 0 fully saturated rings. The van der Waals surface area contributed by atoms with Gasteiger partial charge in [-0.3, -0.25) is 0 Å². The minimum Gasteiger partial charge on any atom is -0.392 e. The third-order valence-corrected chi connectivity index (χ3v) is 5.20. The molecule has 0 aliphatic carbocycles. The van der Waals surface area contributed by atoms with E-state index in [1.807, 2.05) is 24.3 Å². The molecule has 0 heterocycles. The predicted molar refractivity (Wildman–Crippen MR) is 85.5 cm³/mol. The van der Waals surface area contributed by atoms with E-state index in [1.165, 1.54) is 12.1 Å². The molecule has 112 valence electrons. The van der Waals surface area contributed by atoms with Crippen LogP contribution in [0.1, 0.15) is 11.1 Å². The van der Waals surface area contributed by atoms with Gasteiger partial charge in [-0.25, -0.2) is 13.1 Å². The summed E-state index contributed by atoms with van der Waals surface area (Å²) >= 11 is 9.27. The van der Waals surface area contributed by atoms with Crippen LogP contribution in [0.25, 0.3) is 0 Å². The van der Waals surface area contributed by atoms with Gasteiger partial charge in [0.05, 0.1) is 11.6 Å². The number of aliphatic hydroxyl groups is 1. The van der Waals surface area contributed by atoms with Gasteiger partial charge in [0.15, 0.2) is 0 Å². The molecule has 0 atom stereocenters. The van der Waals surface area contributed by atoms with Crippen LogP contribution < -0.4 is 4.72 Å². The minimum absolute atomic E-state index is 0.0364. The van der Waals surface area contributed by atoms with Gasteiger partial charge in [-0.05, 0) is 35.4 Å². The molecule has 0 unspecified atom stereocenters. The normalized spacial score (nSPS) is 11.6. The van der Waals surface area contributed by atoms with Gasteiger partial charge in [-0.2, -0.15) is 0 Å². The number of nitrogens with one attached hydrogen (secondary N) is 1. The first kappa shape index (κ1) is 16.5. The molecule has 4 nitrogen and oxygen atoms in total. The lowest BCUT2D eigenvalue weighted by Gasteiger charge is -2.10. The number of halogens is 2. The molecule has 0 saturated heterocycles. The average Bonchev–Trinajstić information content (AvgIpc) is 2.46. The van der Waals surface area contributed by atoms with E-state index >= 15 is 0 Å². The van der Waals surface area contributed by atoms with E-state index in [4.69, 9.17) is 16.7 Å². The van der Waals surface area contributed by atoms with Crippen molar-refractivity contribution in [2.75, 3.05) is 0 Å². The Labute approximate surface area is 136 Å². The maximum absolute atomic E-state index is 12.3. The predicted octanol–water partition coefficient (Wildman–Crippen LogP) is 3.07. The molecule has 0 amide bonds. The molecular formula is C14H13BrClNO3S. The molecule has 0 saturated carbocycles. The fourth-order valence-corrected chi connectivity index (χ4v) is 3.77. The number of hydrogen-bond donors (Lipinski definition) is 2. The zero-order valence-corrected chi connectivity index (χ0v) is 14.0. The molecule has 2 rings (SSSR count). The summed E-state index contributed by atoms with van der Waals surface area (Å²) in [5.74, 6) is 0. The number of sulfonamides is 1. The zero-order valence-electron chi connectivity index (χ0n) is 10.9. The van der Waals surface area contributed by atoms with E-state index in [1.54, 1.807) is 6.07 Å². The maximum Gasteiger partial charge on any atom is 0.242 e. The topological polar surface area (TPSA) is 66.4 Å². The van der Waals surface area contributed by atoms with E-state index in [0.717, 1.165) is 10.0 Å². The zero-order chi connectivity index (χ0) is 15.5. The Hall–Kier alpha value is -0.920. The van der Waals surface area contributed by atoms with Crippen molar-refractivity contribution in [2.45, 2.75) is 18.0 Å². The van der Waals surface area contributed by atoms with Crippen molar-refractivity contribution in [3.63, 3.8) is 0 Å². The molecule has 7 heteroatoms. The molecule has 2 aromatic rings. The largest absolute Gasteiger partial charge is 0.392 e. The molecule has 2 N–H and O–H groups in total. The Balaban J connectivity index is 2.22. The highest BCUT2D eigenvalue weighted by Gasteiger charge is 2.18. The molecule has 0 radical (unpaired) electrons. The van der Waals surface area contributed by atoms with Crippen molar-refractivity contribution in [1.82, 2.24) is 4.72 Å². The summed E-state index contributed by atoms with van der Waals surface area (Å²) in [5.41, 5.74) is 1.31. The SMILES string of the molecule is O=S(=O)(NCc1cccc(Br)c1)c1cc(CO)ccc1Cl. The molecule has 0 bridgehead atoms. The Morgan fingerprint density at radius 3 is 2.57 bits per heavy atom. The summed E-state index contributed by atoms with van der Waals surface area (Å²) in [6.07, 6.45) is 0. The summed E-state index contributed by atoms with van der Waals surface area (Å²) in [6.45, 7) is -0.0905. The van der Waals surface area contributed by atoms with E-state index in [9.17, 15) is 8.42 Å². The molecule has 2 aromatic carbocycles. The van der Waals surface area contributed by atoms with E-state index < -0.39 is 10.0 Å². The highest BCUT2D eigenvalue weighted by molar-refractivity contribution is 9.10. The summed E-state index contributed by atoms with van der Waals surface area (Å²) in [6, 6.07) is 11.7. The van der Waals surface area contributed by atoms with Crippen LogP contribution in [0.5, 0.6) is 0 Å². The van der Waals surface area contributed by atoms with E-state index in [0.29, 0.717) is 5.56 Å². The van der Waals surface area contributed by atoms with Crippen molar-refractivity contribution in [3.05, 3.63) is 63.1 Å². The smallest absolute Gasteiger partial charge is 0.242 e. The molecule has 0 aliphatic rings. The Kier molecular flexibility index (Phi) is 5.40. The third kappa shape index (κ3) is 4.28. The second-order valence-corrected chi connectivity index (χ2v) is 7.44. The van der Waals surface area contributed by atoms with Gasteiger partial charge in [0.1, 0.15) is 4.90 Å². The Morgan fingerprint density at radius 2 is 1.90 bits per heavy atom. The lowest BCUT2D eigenvalue weighted by molar-refractivity contribution is 0.281. The molecular weight excluding hydrogens is 378 g/mol. The van der Waals surface area contributed by atoms with Crippen LogP contribution in [0, 0.1) is 0 Å². The van der Waals surface area contributed by atoms with Crippen molar-refractivity contribution < 1.29 is 13.5 Å². The monoisotopic (exact) mass is 389 g/mol. The lowest BCUT2D eigenvalue weighted by atomic mass is 10.2. The van der Waals surface area contributed by atoms with Crippen molar-refractivity contribution in [2.24, 2.45) is 0 Å². The van der Waals surface area contributed by atoms with Crippen LogP contribution in [-0.4, -0.2) is 13.5 Å². The van der Waals surface area contributed by atoms with Crippen LogP contribution in [0.3, 0.4) is 0 Å². The summed E-state index contributed by atoms with van der Waals surface area (Å²) < 4.78 is 28.0. The quantitative estimate of drug-likeness (QED) is 0.824. The molecule has 21 heavy (non-hydrogen) atoms. The second kappa shape index (κ2) is 6.89. The van der Waals surface area contributed by atoms with Gasteiger partial charge < -0.3 is 5.11 Å². The lowest BCUT2D eigenvalue weighted by Crippen LogP contribution is -2.23. The second-order valence-electron chi connectivity index (χ2n) is 4.38. The van der Waals surface area contributed by atoms with Crippen LogP contribution in [-0.2, 0) is 23.2 Å². The van der Waals surface area contributed by atoms with Gasteiger partial charge in [0.2, 0.25) is 10.0 Å². The molecule has 0 aromatic heterocycles. The molecule has 0 aliphatic heterocycles. The van der Waals surface area contributed by atoms with Crippen LogP contribution >= 0.6 is 27.5 Å². The number of aliphatic hydroxyl groups excluding tert-OH is 1. The fraction of sp³-hybridized carbons (Fsp3) is 0.143. The average molecular weight is 391 g/mol. The first-order chi connectivity index (χ1) is 9.92. The highest BCUT2D eigenvalue weighted by Crippen LogP contribution is 2.23. The van der Waals surface area contributed by atoms with Crippen molar-refractivity contribution >= 4 is 37.6 Å². The minimum atomic E-state index is -3.74. The highest BCUT2D eigenvalue weighted by atomic mass is 79.9. The van der Waals surface area contributed by atoms with Crippen molar-refractivity contribution in [1.29, 1.82) is 0 Å². The van der Waals surface area contributed by atoms with E-state index in [-0.39, 0.29) is 23.1 Å². The first-order valence-corrected chi connectivity index (χ1v) is 8.71. The van der Waals surface area contributed by atoms with Gasteiger partial charge in [-0.1, -0.05) is 45.7 Å².